The summed E-state index contributed by atoms with van der Waals surface area (Å²) < 4.78 is 5.43. The van der Waals surface area contributed by atoms with Crippen LogP contribution in [-0.4, -0.2) is 51.3 Å². The molecule has 0 aliphatic carbocycles. The quantitative estimate of drug-likeness (QED) is 0.893. The molecule has 2 atom stereocenters. The molecule has 1 saturated heterocycles. The third-order valence-corrected chi connectivity index (χ3v) is 3.69. The number of hydrogen-bond donors (Lipinski definition) is 1. The van der Waals surface area contributed by atoms with E-state index >= 15 is 0 Å². The lowest BCUT2D eigenvalue weighted by molar-refractivity contribution is 0.0116. The van der Waals surface area contributed by atoms with Crippen molar-refractivity contribution in [1.29, 1.82) is 0 Å². The molecule has 1 aliphatic heterocycles. The van der Waals surface area contributed by atoms with Gasteiger partial charge in [0, 0.05) is 45.0 Å². The topological polar surface area (TPSA) is 41.7 Å². The summed E-state index contributed by atoms with van der Waals surface area (Å²) in [7, 11) is 4.11. The molecule has 1 aromatic rings. The van der Waals surface area contributed by atoms with E-state index in [9.17, 15) is 0 Å². The Hall–Kier alpha value is -1.10. The van der Waals surface area contributed by atoms with Crippen LogP contribution in [0.4, 0.5) is 5.69 Å². The van der Waals surface area contributed by atoms with Crippen LogP contribution in [0.3, 0.4) is 0 Å². The van der Waals surface area contributed by atoms with Gasteiger partial charge in [0.05, 0.1) is 13.2 Å². The molecule has 2 N–H and O–H groups in total. The number of anilines is 1. The van der Waals surface area contributed by atoms with Crippen molar-refractivity contribution < 1.29 is 4.74 Å². The molecule has 4 nitrogen and oxygen atoms in total. The highest BCUT2D eigenvalue weighted by Crippen LogP contribution is 2.26. The lowest BCUT2D eigenvalue weighted by atomic mass is 9.98. The van der Waals surface area contributed by atoms with Gasteiger partial charge in [-0.05, 0) is 24.6 Å². The summed E-state index contributed by atoms with van der Waals surface area (Å²) in [5.74, 6) is 0. The Morgan fingerprint density at radius 1 is 1.16 bits per heavy atom. The Kier molecular flexibility index (Phi) is 4.80. The maximum Gasteiger partial charge on any atom is 0.0594 e. The Morgan fingerprint density at radius 2 is 1.74 bits per heavy atom. The van der Waals surface area contributed by atoms with Gasteiger partial charge in [0.1, 0.15) is 0 Å². The van der Waals surface area contributed by atoms with Crippen molar-refractivity contribution in [3.05, 3.63) is 29.8 Å². The van der Waals surface area contributed by atoms with E-state index < -0.39 is 0 Å². The van der Waals surface area contributed by atoms with Crippen molar-refractivity contribution in [2.45, 2.75) is 19.0 Å². The van der Waals surface area contributed by atoms with Crippen LogP contribution in [0.1, 0.15) is 18.5 Å². The summed E-state index contributed by atoms with van der Waals surface area (Å²) in [5, 5.41) is 0. The fraction of sp³-hybridized carbons (Fsp3) is 0.600. The van der Waals surface area contributed by atoms with Gasteiger partial charge in [0.25, 0.3) is 0 Å². The van der Waals surface area contributed by atoms with Crippen molar-refractivity contribution in [3.8, 4) is 0 Å². The molecule has 4 heteroatoms. The standard InChI is InChI=1S/C15H25N3O/c1-12(16)15(18-8-10-19-11-9-18)13-4-6-14(7-5-13)17(2)3/h4-7,12,15H,8-11,16H2,1-3H3. The third kappa shape index (κ3) is 3.47. The maximum atomic E-state index is 6.20. The molecule has 106 valence electrons. The molecule has 2 rings (SSSR count). The molecule has 2 unspecified atom stereocenters. The zero-order valence-electron chi connectivity index (χ0n) is 12.2. The summed E-state index contributed by atoms with van der Waals surface area (Å²) in [6.45, 7) is 5.61. The first-order valence-electron chi connectivity index (χ1n) is 6.94. The van der Waals surface area contributed by atoms with Gasteiger partial charge in [-0.25, -0.2) is 0 Å². The first kappa shape index (κ1) is 14.3. The van der Waals surface area contributed by atoms with Crippen LogP contribution in [-0.2, 0) is 4.74 Å². The van der Waals surface area contributed by atoms with Crippen LogP contribution in [0.25, 0.3) is 0 Å². The number of rotatable bonds is 4. The van der Waals surface area contributed by atoms with E-state index in [4.69, 9.17) is 10.5 Å². The number of hydrogen-bond acceptors (Lipinski definition) is 4. The third-order valence-electron chi connectivity index (χ3n) is 3.69. The number of benzene rings is 1. The van der Waals surface area contributed by atoms with Crippen molar-refractivity contribution in [2.75, 3.05) is 45.3 Å². The maximum absolute atomic E-state index is 6.20. The van der Waals surface area contributed by atoms with Crippen molar-refractivity contribution in [1.82, 2.24) is 4.90 Å². The van der Waals surface area contributed by atoms with Crippen LogP contribution in [0.15, 0.2) is 24.3 Å². The minimum Gasteiger partial charge on any atom is -0.379 e. The fourth-order valence-electron chi connectivity index (χ4n) is 2.67. The number of morpholine rings is 1. The zero-order valence-corrected chi connectivity index (χ0v) is 12.2. The normalized spacial score (nSPS) is 20.0. The molecule has 1 fully saturated rings. The van der Waals surface area contributed by atoms with Gasteiger partial charge in [-0.1, -0.05) is 12.1 Å². The molecule has 1 aliphatic rings. The first-order chi connectivity index (χ1) is 9.09. The second kappa shape index (κ2) is 6.37. The largest absolute Gasteiger partial charge is 0.379 e. The Bertz CT molecular complexity index is 383. The highest BCUT2D eigenvalue weighted by atomic mass is 16.5. The molecule has 0 bridgehead atoms. The molecule has 0 spiro atoms. The van der Waals surface area contributed by atoms with E-state index in [0.29, 0.717) is 0 Å². The van der Waals surface area contributed by atoms with Crippen molar-refractivity contribution in [2.24, 2.45) is 5.73 Å². The fourth-order valence-corrected chi connectivity index (χ4v) is 2.67. The second-order valence-electron chi connectivity index (χ2n) is 5.44. The SMILES string of the molecule is CC(N)C(c1ccc(N(C)C)cc1)N1CCOCC1. The first-order valence-corrected chi connectivity index (χ1v) is 6.94. The molecular formula is C15H25N3O. The molecule has 0 amide bonds. The summed E-state index contributed by atoms with van der Waals surface area (Å²) >= 11 is 0. The van der Waals surface area contributed by atoms with E-state index in [1.165, 1.54) is 11.3 Å². The lowest BCUT2D eigenvalue weighted by Crippen LogP contribution is -2.45. The van der Waals surface area contributed by atoms with Crippen molar-refractivity contribution >= 4 is 5.69 Å². The summed E-state index contributed by atoms with van der Waals surface area (Å²) in [6.07, 6.45) is 0. The minimum atomic E-state index is 0.114. The molecule has 0 aromatic heterocycles. The van der Waals surface area contributed by atoms with Gasteiger partial charge >= 0.3 is 0 Å². The highest BCUT2D eigenvalue weighted by Gasteiger charge is 2.25. The highest BCUT2D eigenvalue weighted by molar-refractivity contribution is 5.46. The van der Waals surface area contributed by atoms with Gasteiger partial charge in [-0.2, -0.15) is 0 Å². The van der Waals surface area contributed by atoms with Crippen molar-refractivity contribution in [3.63, 3.8) is 0 Å². The molecule has 0 saturated carbocycles. The monoisotopic (exact) mass is 263 g/mol. The van der Waals surface area contributed by atoms with E-state index in [1.54, 1.807) is 0 Å². The van der Waals surface area contributed by atoms with Gasteiger partial charge in [0.15, 0.2) is 0 Å². The minimum absolute atomic E-state index is 0.114. The number of nitrogens with zero attached hydrogens (tertiary/aromatic N) is 2. The summed E-state index contributed by atoms with van der Waals surface area (Å²) in [5.41, 5.74) is 8.72. The summed E-state index contributed by atoms with van der Waals surface area (Å²) in [6, 6.07) is 9.09. The predicted molar refractivity (Wildman–Crippen MR) is 79.6 cm³/mol. The Labute approximate surface area is 116 Å². The van der Waals surface area contributed by atoms with E-state index in [1.807, 2.05) is 0 Å². The van der Waals surface area contributed by atoms with Crippen LogP contribution >= 0.6 is 0 Å². The van der Waals surface area contributed by atoms with Crippen LogP contribution in [0, 0.1) is 0 Å². The van der Waals surface area contributed by atoms with Crippen LogP contribution < -0.4 is 10.6 Å². The van der Waals surface area contributed by atoms with Crippen LogP contribution in [0.2, 0.25) is 0 Å². The van der Waals surface area contributed by atoms with Gasteiger partial charge in [0.2, 0.25) is 0 Å². The molecular weight excluding hydrogens is 238 g/mol. The van der Waals surface area contributed by atoms with Gasteiger partial charge in [-0.3, -0.25) is 4.90 Å². The molecule has 1 aromatic carbocycles. The molecule has 19 heavy (non-hydrogen) atoms. The smallest absolute Gasteiger partial charge is 0.0594 e. The second-order valence-corrected chi connectivity index (χ2v) is 5.44. The molecule has 1 heterocycles. The predicted octanol–water partition coefficient (Wildman–Crippen LogP) is 1.47. The van der Waals surface area contributed by atoms with Gasteiger partial charge in [-0.15, -0.1) is 0 Å². The van der Waals surface area contributed by atoms with E-state index in [2.05, 4.69) is 55.1 Å². The molecule has 0 radical (unpaired) electrons. The summed E-state index contributed by atoms with van der Waals surface area (Å²) in [4.78, 5) is 4.54. The average Bonchev–Trinajstić information content (AvgIpc) is 2.40. The Balaban J connectivity index is 2.18. The van der Waals surface area contributed by atoms with Gasteiger partial charge < -0.3 is 15.4 Å². The zero-order chi connectivity index (χ0) is 13.8. The Morgan fingerprint density at radius 3 is 2.21 bits per heavy atom. The van der Waals surface area contributed by atoms with Crippen LogP contribution in [0.5, 0.6) is 0 Å². The lowest BCUT2D eigenvalue weighted by Gasteiger charge is -2.37. The van der Waals surface area contributed by atoms with E-state index in [-0.39, 0.29) is 12.1 Å². The number of nitrogens with two attached hydrogens (primary N) is 1. The average molecular weight is 263 g/mol. The van der Waals surface area contributed by atoms with E-state index in [0.717, 1.165) is 26.3 Å². The number of ether oxygens (including phenoxy) is 1.